The largest absolute Gasteiger partial charge is 0.420 e. The molecule has 0 heterocycles. The van der Waals surface area contributed by atoms with E-state index < -0.39 is 16.0 Å². The molecular weight excluding hydrogens is 423 g/mol. The Labute approximate surface area is 165 Å². The minimum absolute atomic E-state index is 0.00378. The highest BCUT2D eigenvalue weighted by atomic mass is 35.5. The Morgan fingerprint density at radius 3 is 2.23 bits per heavy atom. The fourth-order valence-electron chi connectivity index (χ4n) is 1.87. The number of ether oxygens (including phenoxy) is 1. The molecule has 2 aromatic rings. The molecule has 0 fully saturated rings. The first-order valence-electron chi connectivity index (χ1n) is 7.08. The molecule has 0 radical (unpaired) electrons. The Hall–Kier alpha value is -1.82. The van der Waals surface area contributed by atoms with Gasteiger partial charge in [0.2, 0.25) is 10.0 Å². The van der Waals surface area contributed by atoms with E-state index >= 15 is 0 Å². The fraction of sp³-hybridized carbons (Fsp3) is 0.125. The summed E-state index contributed by atoms with van der Waals surface area (Å²) in [7, 11) is -3.76. The van der Waals surface area contributed by atoms with E-state index in [0.29, 0.717) is 5.02 Å². The van der Waals surface area contributed by atoms with Crippen LogP contribution in [0.1, 0.15) is 16.8 Å². The molecule has 0 aliphatic heterocycles. The van der Waals surface area contributed by atoms with Crippen molar-refractivity contribution < 1.29 is 17.9 Å². The van der Waals surface area contributed by atoms with Crippen LogP contribution in [0.3, 0.4) is 0 Å². The van der Waals surface area contributed by atoms with E-state index in [-0.39, 0.29) is 39.2 Å². The average molecular weight is 434 g/mol. The van der Waals surface area contributed by atoms with Gasteiger partial charge in [-0.1, -0.05) is 34.8 Å². The molecule has 0 aliphatic carbocycles. The Bertz CT molecular complexity index is 947. The van der Waals surface area contributed by atoms with Crippen molar-refractivity contribution in [1.29, 1.82) is 5.26 Å². The second-order valence-corrected chi connectivity index (χ2v) is 7.94. The number of carbonyl (C=O) groups excluding carboxylic acids is 1. The van der Waals surface area contributed by atoms with E-state index in [2.05, 4.69) is 4.72 Å². The minimum Gasteiger partial charge on any atom is -0.420 e. The van der Waals surface area contributed by atoms with Gasteiger partial charge in [-0.2, -0.15) is 5.26 Å². The van der Waals surface area contributed by atoms with Gasteiger partial charge in [0, 0.05) is 18.0 Å². The Morgan fingerprint density at radius 1 is 1.12 bits per heavy atom. The lowest BCUT2D eigenvalue weighted by molar-refractivity contribution is 0.0735. The lowest BCUT2D eigenvalue weighted by Crippen LogP contribution is -2.24. The number of hydrogen-bond donors (Lipinski definition) is 1. The third kappa shape index (κ3) is 5.10. The number of rotatable bonds is 6. The first-order chi connectivity index (χ1) is 12.2. The lowest BCUT2D eigenvalue weighted by atomic mass is 10.2. The van der Waals surface area contributed by atoms with Gasteiger partial charge in [-0.25, -0.2) is 17.9 Å². The molecule has 2 aromatic carbocycles. The van der Waals surface area contributed by atoms with Crippen molar-refractivity contribution in [1.82, 2.24) is 4.72 Å². The molecule has 0 saturated carbocycles. The number of nitriles is 1. The molecule has 10 heteroatoms. The summed E-state index contributed by atoms with van der Waals surface area (Å²) in [6.07, 6.45) is 0.0479. The molecule has 0 amide bonds. The zero-order valence-electron chi connectivity index (χ0n) is 13.0. The van der Waals surface area contributed by atoms with Crippen LogP contribution in [0, 0.1) is 11.3 Å². The fourth-order valence-corrected chi connectivity index (χ4v) is 3.80. The van der Waals surface area contributed by atoms with Gasteiger partial charge < -0.3 is 4.74 Å². The summed E-state index contributed by atoms with van der Waals surface area (Å²) in [5.74, 6) is -0.810. The number of nitrogens with zero attached hydrogens (tertiary/aromatic N) is 1. The standard InChI is InChI=1S/C16H11Cl3N2O4S/c17-11-8-13(18)15(14(19)9-11)25-16(22)10-2-4-12(5-3-10)26(23,24)21-7-1-6-20/h2-5,8-9,21H,1,7H2. The number of hydrogen-bond acceptors (Lipinski definition) is 5. The molecular formula is C16H11Cl3N2O4S. The Balaban J connectivity index is 2.16. The van der Waals surface area contributed by atoms with Gasteiger partial charge in [0.25, 0.3) is 0 Å². The summed E-state index contributed by atoms with van der Waals surface area (Å²) >= 11 is 17.7. The van der Waals surface area contributed by atoms with Crippen molar-refractivity contribution >= 4 is 50.8 Å². The predicted octanol–water partition coefficient (Wildman–Crippen LogP) is 4.06. The van der Waals surface area contributed by atoms with Gasteiger partial charge in [0.1, 0.15) is 0 Å². The minimum atomic E-state index is -3.76. The van der Waals surface area contributed by atoms with Crippen LogP contribution in [-0.4, -0.2) is 20.9 Å². The summed E-state index contributed by atoms with van der Waals surface area (Å²) in [5, 5.41) is 8.87. The first kappa shape index (κ1) is 20.5. The van der Waals surface area contributed by atoms with Gasteiger partial charge in [0.15, 0.2) is 5.75 Å². The summed E-state index contributed by atoms with van der Waals surface area (Å²) in [6, 6.07) is 9.66. The number of nitrogens with one attached hydrogen (secondary N) is 1. The topological polar surface area (TPSA) is 96.3 Å². The normalized spacial score (nSPS) is 11.0. The third-order valence-corrected chi connectivity index (χ3v) is 5.34. The lowest BCUT2D eigenvalue weighted by Gasteiger charge is -2.09. The maximum atomic E-state index is 12.2. The Morgan fingerprint density at radius 2 is 1.69 bits per heavy atom. The number of benzene rings is 2. The molecule has 1 N–H and O–H groups in total. The van der Waals surface area contributed by atoms with Crippen molar-refractivity contribution in [2.45, 2.75) is 11.3 Å². The molecule has 26 heavy (non-hydrogen) atoms. The van der Waals surface area contributed by atoms with E-state index in [1.807, 2.05) is 6.07 Å². The van der Waals surface area contributed by atoms with E-state index in [1.54, 1.807) is 0 Å². The zero-order valence-corrected chi connectivity index (χ0v) is 16.1. The molecule has 0 aliphatic rings. The van der Waals surface area contributed by atoms with Crippen LogP contribution >= 0.6 is 34.8 Å². The van der Waals surface area contributed by atoms with E-state index in [1.165, 1.54) is 36.4 Å². The molecule has 136 valence electrons. The van der Waals surface area contributed by atoms with Crippen molar-refractivity contribution in [2.75, 3.05) is 6.54 Å². The van der Waals surface area contributed by atoms with Crippen LogP contribution in [0.15, 0.2) is 41.3 Å². The number of sulfonamides is 1. The highest BCUT2D eigenvalue weighted by molar-refractivity contribution is 7.89. The molecule has 2 rings (SSSR count). The second kappa shape index (κ2) is 8.71. The van der Waals surface area contributed by atoms with Crippen LogP contribution in [0.4, 0.5) is 0 Å². The van der Waals surface area contributed by atoms with E-state index in [9.17, 15) is 13.2 Å². The maximum absolute atomic E-state index is 12.2. The van der Waals surface area contributed by atoms with Crippen LogP contribution in [0.2, 0.25) is 15.1 Å². The van der Waals surface area contributed by atoms with Crippen molar-refractivity contribution in [3.8, 4) is 11.8 Å². The van der Waals surface area contributed by atoms with E-state index in [0.717, 1.165) is 0 Å². The van der Waals surface area contributed by atoms with Crippen LogP contribution < -0.4 is 9.46 Å². The van der Waals surface area contributed by atoms with Crippen LogP contribution in [0.25, 0.3) is 0 Å². The molecule has 0 spiro atoms. The number of carbonyl (C=O) groups is 1. The monoisotopic (exact) mass is 432 g/mol. The second-order valence-electron chi connectivity index (χ2n) is 4.92. The SMILES string of the molecule is N#CCCNS(=O)(=O)c1ccc(C(=O)Oc2c(Cl)cc(Cl)cc2Cl)cc1. The van der Waals surface area contributed by atoms with Crippen molar-refractivity contribution in [3.63, 3.8) is 0 Å². The zero-order chi connectivity index (χ0) is 19.3. The summed E-state index contributed by atoms with van der Waals surface area (Å²) in [4.78, 5) is 12.2. The van der Waals surface area contributed by atoms with Crippen LogP contribution in [0.5, 0.6) is 5.75 Å². The summed E-state index contributed by atoms with van der Waals surface area (Å²) in [5.41, 5.74) is 0.100. The molecule has 0 saturated heterocycles. The van der Waals surface area contributed by atoms with Crippen LogP contribution in [-0.2, 0) is 10.0 Å². The van der Waals surface area contributed by atoms with Gasteiger partial charge >= 0.3 is 5.97 Å². The molecule has 0 unspecified atom stereocenters. The highest BCUT2D eigenvalue weighted by Gasteiger charge is 2.17. The number of esters is 1. The predicted molar refractivity (Wildman–Crippen MR) is 98.3 cm³/mol. The van der Waals surface area contributed by atoms with Gasteiger partial charge in [-0.3, -0.25) is 0 Å². The first-order valence-corrected chi connectivity index (χ1v) is 9.69. The number of halogens is 3. The third-order valence-electron chi connectivity index (χ3n) is 3.09. The molecule has 6 nitrogen and oxygen atoms in total. The Kier molecular flexibility index (Phi) is 6.87. The van der Waals surface area contributed by atoms with Crippen molar-refractivity contribution in [3.05, 3.63) is 57.0 Å². The average Bonchev–Trinajstić information content (AvgIpc) is 2.58. The highest BCUT2D eigenvalue weighted by Crippen LogP contribution is 2.36. The quantitative estimate of drug-likeness (QED) is 0.421. The van der Waals surface area contributed by atoms with Gasteiger partial charge in [0.05, 0.1) is 26.6 Å². The molecule has 0 aromatic heterocycles. The van der Waals surface area contributed by atoms with Gasteiger partial charge in [-0.15, -0.1) is 0 Å². The summed E-state index contributed by atoms with van der Waals surface area (Å²) < 4.78 is 31.5. The molecule has 0 atom stereocenters. The smallest absolute Gasteiger partial charge is 0.343 e. The molecule has 0 bridgehead atoms. The maximum Gasteiger partial charge on any atom is 0.343 e. The van der Waals surface area contributed by atoms with E-state index in [4.69, 9.17) is 44.8 Å². The van der Waals surface area contributed by atoms with Crippen molar-refractivity contribution in [2.24, 2.45) is 0 Å². The summed E-state index contributed by atoms with van der Waals surface area (Å²) in [6.45, 7) is -0.00378. The van der Waals surface area contributed by atoms with Gasteiger partial charge in [-0.05, 0) is 36.4 Å².